The third-order valence-electron chi connectivity index (χ3n) is 3.45. The van der Waals surface area contributed by atoms with Crippen molar-refractivity contribution in [2.24, 2.45) is 5.41 Å². The van der Waals surface area contributed by atoms with E-state index in [9.17, 15) is 0 Å². The Labute approximate surface area is 119 Å². The van der Waals surface area contributed by atoms with Gasteiger partial charge in [-0.2, -0.15) is 0 Å². The van der Waals surface area contributed by atoms with Gasteiger partial charge >= 0.3 is 0 Å². The van der Waals surface area contributed by atoms with Crippen molar-refractivity contribution in [2.45, 2.75) is 40.2 Å². The van der Waals surface area contributed by atoms with Gasteiger partial charge in [-0.1, -0.05) is 27.7 Å². The molecule has 19 heavy (non-hydrogen) atoms. The minimum Gasteiger partial charge on any atom is -0.383 e. The van der Waals surface area contributed by atoms with Gasteiger partial charge in [0.2, 0.25) is 0 Å². The second-order valence-electron chi connectivity index (χ2n) is 6.09. The normalized spacial score (nSPS) is 14.1. The van der Waals surface area contributed by atoms with Crippen molar-refractivity contribution in [2.75, 3.05) is 53.6 Å². The van der Waals surface area contributed by atoms with E-state index in [-0.39, 0.29) is 0 Å². The molecule has 0 spiro atoms. The summed E-state index contributed by atoms with van der Waals surface area (Å²) in [4.78, 5) is 2.42. The molecule has 0 amide bonds. The summed E-state index contributed by atoms with van der Waals surface area (Å²) in [5.41, 5.74) is 0.296. The number of nitrogens with one attached hydrogen (secondary N) is 1. The summed E-state index contributed by atoms with van der Waals surface area (Å²) in [5, 5.41) is 3.60. The summed E-state index contributed by atoms with van der Waals surface area (Å²) in [7, 11) is 3.51. The zero-order valence-electron chi connectivity index (χ0n) is 13.8. The molecule has 0 saturated carbocycles. The molecule has 0 aromatic rings. The summed E-state index contributed by atoms with van der Waals surface area (Å²) < 4.78 is 10.4. The maximum atomic E-state index is 5.18. The summed E-state index contributed by atoms with van der Waals surface area (Å²) in [6.07, 6.45) is 1.16. The Morgan fingerprint density at radius 1 is 1.00 bits per heavy atom. The molecule has 0 rings (SSSR count). The summed E-state index contributed by atoms with van der Waals surface area (Å²) in [6, 6.07) is 0.546. The number of hydrogen-bond acceptors (Lipinski definition) is 4. The van der Waals surface area contributed by atoms with E-state index in [1.54, 1.807) is 14.2 Å². The van der Waals surface area contributed by atoms with Gasteiger partial charge < -0.3 is 14.8 Å². The van der Waals surface area contributed by atoms with E-state index in [0.29, 0.717) is 11.5 Å². The Kier molecular flexibility index (Phi) is 10.5. The highest BCUT2D eigenvalue weighted by Crippen LogP contribution is 2.21. The van der Waals surface area contributed by atoms with E-state index in [4.69, 9.17) is 9.47 Å². The molecule has 0 saturated heterocycles. The van der Waals surface area contributed by atoms with Crippen molar-refractivity contribution in [3.05, 3.63) is 0 Å². The van der Waals surface area contributed by atoms with Crippen LogP contribution < -0.4 is 5.32 Å². The van der Waals surface area contributed by atoms with Gasteiger partial charge in [0.1, 0.15) is 0 Å². The van der Waals surface area contributed by atoms with Crippen LogP contribution in [0.1, 0.15) is 34.1 Å². The average molecular weight is 274 g/mol. The van der Waals surface area contributed by atoms with Crippen molar-refractivity contribution in [3.63, 3.8) is 0 Å². The molecule has 0 fully saturated rings. The van der Waals surface area contributed by atoms with Crippen molar-refractivity contribution in [3.8, 4) is 0 Å². The highest BCUT2D eigenvalue weighted by Gasteiger charge is 2.23. The largest absolute Gasteiger partial charge is 0.383 e. The first-order valence-corrected chi connectivity index (χ1v) is 7.39. The number of hydrogen-bond donors (Lipinski definition) is 1. The fourth-order valence-corrected chi connectivity index (χ4v) is 2.18. The van der Waals surface area contributed by atoms with E-state index in [0.717, 1.165) is 45.8 Å². The van der Waals surface area contributed by atoms with Crippen molar-refractivity contribution >= 4 is 0 Å². The van der Waals surface area contributed by atoms with Gasteiger partial charge in [0.25, 0.3) is 0 Å². The molecular formula is C15H34N2O2. The van der Waals surface area contributed by atoms with Crippen LogP contribution in [0, 0.1) is 5.41 Å². The Balaban J connectivity index is 4.23. The molecule has 0 aromatic heterocycles. The maximum absolute atomic E-state index is 5.18. The van der Waals surface area contributed by atoms with Crippen LogP contribution >= 0.6 is 0 Å². The topological polar surface area (TPSA) is 33.7 Å². The molecule has 4 nitrogen and oxygen atoms in total. The van der Waals surface area contributed by atoms with Crippen LogP contribution in [0.3, 0.4) is 0 Å². The Morgan fingerprint density at radius 3 is 1.89 bits per heavy atom. The lowest BCUT2D eigenvalue weighted by Crippen LogP contribution is -2.43. The van der Waals surface area contributed by atoms with E-state index in [1.165, 1.54) is 0 Å². The third-order valence-corrected chi connectivity index (χ3v) is 3.45. The van der Waals surface area contributed by atoms with Gasteiger partial charge in [0.15, 0.2) is 0 Å². The first kappa shape index (κ1) is 18.8. The smallest absolute Gasteiger partial charge is 0.0589 e. The molecular weight excluding hydrogens is 240 g/mol. The van der Waals surface area contributed by atoms with Crippen LogP contribution in [0.5, 0.6) is 0 Å². The number of ether oxygens (including phenoxy) is 2. The van der Waals surface area contributed by atoms with Crippen molar-refractivity contribution in [1.29, 1.82) is 0 Å². The third kappa shape index (κ3) is 9.38. The van der Waals surface area contributed by atoms with Gasteiger partial charge in [0, 0.05) is 33.4 Å². The molecule has 116 valence electrons. The van der Waals surface area contributed by atoms with Crippen molar-refractivity contribution < 1.29 is 9.47 Å². The van der Waals surface area contributed by atoms with Gasteiger partial charge in [0.05, 0.1) is 13.2 Å². The quantitative estimate of drug-likeness (QED) is 0.625. The van der Waals surface area contributed by atoms with Gasteiger partial charge in [-0.15, -0.1) is 0 Å². The lowest BCUT2D eigenvalue weighted by molar-refractivity contribution is 0.107. The Morgan fingerprint density at radius 2 is 1.53 bits per heavy atom. The molecule has 0 radical (unpaired) electrons. The van der Waals surface area contributed by atoms with Crippen LogP contribution in [0.2, 0.25) is 0 Å². The Bertz CT molecular complexity index is 197. The Hall–Kier alpha value is -0.160. The van der Waals surface area contributed by atoms with E-state index < -0.39 is 0 Å². The van der Waals surface area contributed by atoms with Crippen LogP contribution in [-0.2, 0) is 9.47 Å². The standard InChI is InChI=1S/C15H34N2O2/c1-7-16-14(15(2,3)4)8-9-17(10-12-18-5)11-13-19-6/h14,16H,7-13H2,1-6H3. The zero-order chi connectivity index (χ0) is 14.7. The molecule has 0 aliphatic rings. The molecule has 1 N–H and O–H groups in total. The summed E-state index contributed by atoms with van der Waals surface area (Å²) in [6.45, 7) is 14.7. The molecule has 0 heterocycles. The zero-order valence-corrected chi connectivity index (χ0v) is 13.8. The number of rotatable bonds is 11. The fourth-order valence-electron chi connectivity index (χ4n) is 2.18. The van der Waals surface area contributed by atoms with Crippen LogP contribution in [0.4, 0.5) is 0 Å². The number of methoxy groups -OCH3 is 2. The van der Waals surface area contributed by atoms with Gasteiger partial charge in [-0.25, -0.2) is 0 Å². The second kappa shape index (κ2) is 10.6. The van der Waals surface area contributed by atoms with E-state index in [1.807, 2.05) is 0 Å². The molecule has 1 atom stereocenters. The monoisotopic (exact) mass is 274 g/mol. The van der Waals surface area contributed by atoms with Gasteiger partial charge in [-0.05, 0) is 24.9 Å². The van der Waals surface area contributed by atoms with Gasteiger partial charge in [-0.3, -0.25) is 4.90 Å². The first-order chi connectivity index (χ1) is 8.95. The highest BCUT2D eigenvalue weighted by atomic mass is 16.5. The average Bonchev–Trinajstić information content (AvgIpc) is 2.35. The van der Waals surface area contributed by atoms with E-state index >= 15 is 0 Å². The molecule has 0 aromatic carbocycles. The second-order valence-corrected chi connectivity index (χ2v) is 6.09. The summed E-state index contributed by atoms with van der Waals surface area (Å²) >= 11 is 0. The molecule has 0 aliphatic carbocycles. The molecule has 0 bridgehead atoms. The minimum absolute atomic E-state index is 0.296. The molecule has 0 aliphatic heterocycles. The van der Waals surface area contributed by atoms with Crippen LogP contribution in [-0.4, -0.2) is 64.6 Å². The van der Waals surface area contributed by atoms with E-state index in [2.05, 4.69) is 37.9 Å². The lowest BCUT2D eigenvalue weighted by atomic mass is 9.84. The number of nitrogens with zero attached hydrogens (tertiary/aromatic N) is 1. The molecule has 1 unspecified atom stereocenters. The predicted octanol–water partition coefficient (Wildman–Crippen LogP) is 2.00. The first-order valence-electron chi connectivity index (χ1n) is 7.39. The highest BCUT2D eigenvalue weighted by molar-refractivity contribution is 4.81. The van der Waals surface area contributed by atoms with Crippen molar-refractivity contribution in [1.82, 2.24) is 10.2 Å². The SMILES string of the molecule is CCNC(CCN(CCOC)CCOC)C(C)(C)C. The maximum Gasteiger partial charge on any atom is 0.0589 e. The van der Waals surface area contributed by atoms with Crippen LogP contribution in [0.25, 0.3) is 0 Å². The predicted molar refractivity (Wildman–Crippen MR) is 81.7 cm³/mol. The fraction of sp³-hybridized carbons (Fsp3) is 1.00. The van der Waals surface area contributed by atoms with Crippen LogP contribution in [0.15, 0.2) is 0 Å². The minimum atomic E-state index is 0.296. The molecule has 4 heteroatoms. The lowest BCUT2D eigenvalue weighted by Gasteiger charge is -2.33. The summed E-state index contributed by atoms with van der Waals surface area (Å²) in [5.74, 6) is 0.